The Labute approximate surface area is 190 Å². The van der Waals surface area contributed by atoms with Crippen molar-refractivity contribution in [2.75, 3.05) is 0 Å². The van der Waals surface area contributed by atoms with Crippen LogP contribution in [0.2, 0.25) is 0 Å². The molecule has 2 amide bonds. The number of benzene rings is 2. The summed E-state index contributed by atoms with van der Waals surface area (Å²) in [5.41, 5.74) is 6.10. The molecule has 6 nitrogen and oxygen atoms in total. The van der Waals surface area contributed by atoms with Gasteiger partial charge in [0.2, 0.25) is 0 Å². The van der Waals surface area contributed by atoms with Gasteiger partial charge in [-0.25, -0.2) is 5.01 Å². The molecule has 0 unspecified atom stereocenters. The maximum atomic E-state index is 13.3. The average Bonchev–Trinajstić information content (AvgIpc) is 2.66. The maximum Gasteiger partial charge on any atom is 0.308 e. The Balaban J connectivity index is 2.45. The standard InChI is InChI=1S/C26H32N2O4/c1-9-10-20-11-12-22(18(4)23(20)32-19(5)29)24(30)27-28(26(6,7)8)25(31)21-14-16(2)13-17(3)15-21/h9,11-15H,1,10H2,2-8H3,(H,27,30). The molecule has 0 aromatic heterocycles. The molecule has 2 aromatic carbocycles. The fraction of sp³-hybridized carbons (Fsp3) is 0.346. The van der Waals surface area contributed by atoms with Gasteiger partial charge in [0.25, 0.3) is 11.8 Å². The molecule has 0 aliphatic carbocycles. The minimum absolute atomic E-state index is 0.307. The number of nitrogens with zero attached hydrogens (tertiary/aromatic N) is 1. The van der Waals surface area contributed by atoms with E-state index in [0.717, 1.165) is 16.7 Å². The number of rotatable bonds is 5. The number of aryl methyl sites for hydroxylation is 2. The summed E-state index contributed by atoms with van der Waals surface area (Å²) >= 11 is 0. The minimum atomic E-state index is -0.681. The van der Waals surface area contributed by atoms with Gasteiger partial charge in [-0.3, -0.25) is 19.8 Å². The summed E-state index contributed by atoms with van der Waals surface area (Å²) in [4.78, 5) is 38.2. The molecule has 2 rings (SSSR count). The van der Waals surface area contributed by atoms with Gasteiger partial charge in [0.1, 0.15) is 5.75 Å². The lowest BCUT2D eigenvalue weighted by Crippen LogP contribution is -2.56. The van der Waals surface area contributed by atoms with Gasteiger partial charge in [0.15, 0.2) is 0 Å². The van der Waals surface area contributed by atoms with Gasteiger partial charge in [0, 0.05) is 23.6 Å². The molecule has 32 heavy (non-hydrogen) atoms. The van der Waals surface area contributed by atoms with E-state index in [1.54, 1.807) is 37.3 Å². The smallest absolute Gasteiger partial charge is 0.308 e. The number of carbonyl (C=O) groups excluding carboxylic acids is 3. The summed E-state index contributed by atoms with van der Waals surface area (Å²) in [5.74, 6) is -0.905. The lowest BCUT2D eigenvalue weighted by Gasteiger charge is -2.35. The van der Waals surface area contributed by atoms with Gasteiger partial charge >= 0.3 is 5.97 Å². The molecular weight excluding hydrogens is 404 g/mol. The van der Waals surface area contributed by atoms with Crippen LogP contribution < -0.4 is 10.2 Å². The van der Waals surface area contributed by atoms with E-state index in [0.29, 0.717) is 28.9 Å². The molecule has 2 aromatic rings. The van der Waals surface area contributed by atoms with E-state index in [1.807, 2.05) is 40.7 Å². The van der Waals surface area contributed by atoms with Crippen molar-refractivity contribution in [2.45, 2.75) is 60.4 Å². The van der Waals surface area contributed by atoms with Crippen molar-refractivity contribution in [1.82, 2.24) is 10.4 Å². The highest BCUT2D eigenvalue weighted by atomic mass is 16.5. The average molecular weight is 437 g/mol. The van der Waals surface area contributed by atoms with Crippen LogP contribution in [0.3, 0.4) is 0 Å². The molecule has 0 saturated heterocycles. The molecule has 0 fully saturated rings. The topological polar surface area (TPSA) is 75.7 Å². The van der Waals surface area contributed by atoms with E-state index < -0.39 is 17.4 Å². The zero-order valence-corrected chi connectivity index (χ0v) is 20.0. The summed E-state index contributed by atoms with van der Waals surface area (Å²) in [6, 6.07) is 8.98. The van der Waals surface area contributed by atoms with E-state index in [9.17, 15) is 14.4 Å². The van der Waals surface area contributed by atoms with E-state index in [4.69, 9.17) is 4.74 Å². The highest BCUT2D eigenvalue weighted by Crippen LogP contribution is 2.28. The third kappa shape index (κ3) is 5.84. The van der Waals surface area contributed by atoms with Crippen LogP contribution in [0.25, 0.3) is 0 Å². The third-order valence-corrected chi connectivity index (χ3v) is 4.90. The first-order valence-electron chi connectivity index (χ1n) is 10.5. The van der Waals surface area contributed by atoms with E-state index in [1.165, 1.54) is 11.9 Å². The second kappa shape index (κ2) is 9.81. The molecule has 0 aliphatic heterocycles. The minimum Gasteiger partial charge on any atom is -0.426 e. The lowest BCUT2D eigenvalue weighted by molar-refractivity contribution is -0.132. The molecule has 0 aliphatic rings. The fourth-order valence-corrected chi connectivity index (χ4v) is 3.51. The molecule has 6 heteroatoms. The largest absolute Gasteiger partial charge is 0.426 e. The number of carbonyl (C=O) groups is 3. The van der Waals surface area contributed by atoms with Crippen molar-refractivity contribution < 1.29 is 19.1 Å². The predicted octanol–water partition coefficient (Wildman–Crippen LogP) is 4.85. The molecule has 0 bridgehead atoms. The van der Waals surface area contributed by atoms with Gasteiger partial charge in [-0.15, -0.1) is 6.58 Å². The second-order valence-corrected chi connectivity index (χ2v) is 8.94. The fourth-order valence-electron chi connectivity index (χ4n) is 3.51. The maximum absolute atomic E-state index is 13.3. The molecule has 0 radical (unpaired) electrons. The number of hydrazine groups is 1. The summed E-state index contributed by atoms with van der Waals surface area (Å²) in [7, 11) is 0. The molecular formula is C26H32N2O4. The highest BCUT2D eigenvalue weighted by Gasteiger charge is 2.30. The van der Waals surface area contributed by atoms with Gasteiger partial charge in [-0.1, -0.05) is 29.3 Å². The van der Waals surface area contributed by atoms with Crippen LogP contribution in [-0.4, -0.2) is 28.3 Å². The first-order valence-corrected chi connectivity index (χ1v) is 10.5. The van der Waals surface area contributed by atoms with E-state index in [-0.39, 0.29) is 5.91 Å². The Hall–Kier alpha value is -3.41. The number of nitrogens with one attached hydrogen (secondary N) is 1. The van der Waals surface area contributed by atoms with E-state index >= 15 is 0 Å². The van der Waals surface area contributed by atoms with Crippen LogP contribution >= 0.6 is 0 Å². The van der Waals surface area contributed by atoms with Crippen molar-refractivity contribution in [3.8, 4) is 5.75 Å². The van der Waals surface area contributed by atoms with Crippen molar-refractivity contribution in [1.29, 1.82) is 0 Å². The number of amides is 2. The molecule has 1 N–H and O–H groups in total. The lowest BCUT2D eigenvalue weighted by atomic mass is 10.0. The zero-order valence-electron chi connectivity index (χ0n) is 20.0. The Morgan fingerprint density at radius 3 is 2.16 bits per heavy atom. The number of hydrogen-bond donors (Lipinski definition) is 1. The first-order chi connectivity index (χ1) is 14.8. The van der Waals surface area contributed by atoms with Gasteiger partial charge < -0.3 is 4.74 Å². The van der Waals surface area contributed by atoms with Crippen LogP contribution in [0.5, 0.6) is 5.75 Å². The normalized spacial score (nSPS) is 11.0. The molecule has 0 saturated carbocycles. The van der Waals surface area contributed by atoms with Crippen LogP contribution in [0.4, 0.5) is 0 Å². The van der Waals surface area contributed by atoms with Crippen molar-refractivity contribution >= 4 is 17.8 Å². The van der Waals surface area contributed by atoms with Gasteiger partial charge in [0.05, 0.1) is 5.54 Å². The summed E-state index contributed by atoms with van der Waals surface area (Å²) in [6.07, 6.45) is 2.19. The predicted molar refractivity (Wildman–Crippen MR) is 126 cm³/mol. The molecule has 0 atom stereocenters. The Kier molecular flexibility index (Phi) is 7.62. The van der Waals surface area contributed by atoms with Crippen LogP contribution in [0, 0.1) is 20.8 Å². The van der Waals surface area contributed by atoms with E-state index in [2.05, 4.69) is 12.0 Å². The van der Waals surface area contributed by atoms with Gasteiger partial charge in [-0.2, -0.15) is 0 Å². The molecule has 0 heterocycles. The monoisotopic (exact) mass is 436 g/mol. The third-order valence-electron chi connectivity index (χ3n) is 4.90. The summed E-state index contributed by atoms with van der Waals surface area (Å²) in [5, 5.41) is 1.34. The number of allylic oxidation sites excluding steroid dienone is 1. The van der Waals surface area contributed by atoms with Gasteiger partial charge in [-0.05, 0) is 71.7 Å². The molecule has 170 valence electrons. The number of hydrogen-bond acceptors (Lipinski definition) is 4. The van der Waals surface area contributed by atoms with Crippen LogP contribution in [0.15, 0.2) is 43.0 Å². The quantitative estimate of drug-likeness (QED) is 0.315. The van der Waals surface area contributed by atoms with Crippen molar-refractivity contribution in [3.63, 3.8) is 0 Å². The Morgan fingerprint density at radius 2 is 1.66 bits per heavy atom. The Morgan fingerprint density at radius 1 is 1.06 bits per heavy atom. The van der Waals surface area contributed by atoms with Crippen molar-refractivity contribution in [3.05, 3.63) is 76.4 Å². The number of ether oxygens (including phenoxy) is 1. The Bertz CT molecular complexity index is 1040. The first kappa shape index (κ1) is 24.9. The molecule has 0 spiro atoms. The van der Waals surface area contributed by atoms with Crippen molar-refractivity contribution in [2.24, 2.45) is 0 Å². The van der Waals surface area contributed by atoms with Crippen LogP contribution in [-0.2, 0) is 11.2 Å². The summed E-state index contributed by atoms with van der Waals surface area (Å²) in [6.45, 7) is 16.1. The summed E-state index contributed by atoms with van der Waals surface area (Å²) < 4.78 is 5.39. The number of esters is 1. The second-order valence-electron chi connectivity index (χ2n) is 8.94. The zero-order chi connectivity index (χ0) is 24.2. The highest BCUT2D eigenvalue weighted by molar-refractivity contribution is 6.00. The SMILES string of the molecule is C=CCc1ccc(C(=O)NN(C(=O)c2cc(C)cc(C)c2)C(C)(C)C)c(C)c1OC(C)=O. The van der Waals surface area contributed by atoms with Crippen LogP contribution in [0.1, 0.15) is 70.7 Å².